The van der Waals surface area contributed by atoms with Crippen molar-refractivity contribution in [2.75, 3.05) is 0 Å². The monoisotopic (exact) mass is 272 g/mol. The minimum absolute atomic E-state index is 0.228. The zero-order chi connectivity index (χ0) is 13.9. The lowest BCUT2D eigenvalue weighted by Crippen LogP contribution is -2.10. The Labute approximate surface area is 121 Å². The summed E-state index contributed by atoms with van der Waals surface area (Å²) >= 11 is 6.00. The van der Waals surface area contributed by atoms with Gasteiger partial charge in [0.2, 0.25) is 0 Å². The molecule has 0 unspecified atom stereocenters. The van der Waals surface area contributed by atoms with Gasteiger partial charge in [-0.15, -0.1) is 0 Å². The Hall–Kier alpha value is -1.27. The summed E-state index contributed by atoms with van der Waals surface area (Å²) in [5.74, 6) is 0. The highest BCUT2D eigenvalue weighted by Gasteiger charge is 2.12. The third kappa shape index (κ3) is 4.11. The van der Waals surface area contributed by atoms with Crippen LogP contribution < -0.4 is 0 Å². The molecule has 0 saturated heterocycles. The van der Waals surface area contributed by atoms with Crippen LogP contribution in [0.25, 0.3) is 0 Å². The normalized spacial score (nSPS) is 11.6. The first-order valence-electron chi connectivity index (χ1n) is 6.79. The van der Waals surface area contributed by atoms with Crippen LogP contribution in [0, 0.1) is 0 Å². The molecule has 0 aliphatic rings. The summed E-state index contributed by atoms with van der Waals surface area (Å²) in [6.07, 6.45) is 2.10. The molecular weight excluding hydrogens is 252 g/mol. The summed E-state index contributed by atoms with van der Waals surface area (Å²) in [6.45, 7) is 6.73. The molecule has 0 aliphatic heterocycles. The van der Waals surface area contributed by atoms with Gasteiger partial charge in [0.1, 0.15) is 0 Å². The third-order valence-electron chi connectivity index (χ3n) is 3.41. The summed E-state index contributed by atoms with van der Waals surface area (Å²) in [4.78, 5) is 0. The van der Waals surface area contributed by atoms with Gasteiger partial charge < -0.3 is 0 Å². The Kier molecular flexibility index (Phi) is 4.31. The van der Waals surface area contributed by atoms with Crippen molar-refractivity contribution in [3.63, 3.8) is 0 Å². The smallest absolute Gasteiger partial charge is 0.0408 e. The Bertz CT molecular complexity index is 532. The van der Waals surface area contributed by atoms with Gasteiger partial charge in [-0.1, -0.05) is 68.8 Å². The van der Waals surface area contributed by atoms with Crippen molar-refractivity contribution in [2.45, 2.75) is 39.0 Å². The number of hydrogen-bond donors (Lipinski definition) is 0. The summed E-state index contributed by atoms with van der Waals surface area (Å²) in [5, 5.41) is 0.820. The van der Waals surface area contributed by atoms with Gasteiger partial charge in [0.25, 0.3) is 0 Å². The molecule has 0 atom stereocenters. The lowest BCUT2D eigenvalue weighted by molar-refractivity contribution is 0.590. The predicted octanol–water partition coefficient (Wildman–Crippen LogP) is 5.42. The fourth-order valence-electron chi connectivity index (χ4n) is 2.15. The lowest BCUT2D eigenvalue weighted by Gasteiger charge is -2.19. The molecule has 0 heterocycles. The van der Waals surface area contributed by atoms with Crippen LogP contribution in [0.2, 0.25) is 5.02 Å². The number of aryl methyl sites for hydroxylation is 2. The van der Waals surface area contributed by atoms with E-state index in [0.29, 0.717) is 0 Å². The fourth-order valence-corrected chi connectivity index (χ4v) is 2.37. The molecule has 0 aliphatic carbocycles. The fraction of sp³-hybridized carbons (Fsp3) is 0.333. The van der Waals surface area contributed by atoms with Gasteiger partial charge in [0.15, 0.2) is 0 Å². The first-order valence-corrected chi connectivity index (χ1v) is 7.17. The van der Waals surface area contributed by atoms with E-state index in [1.165, 1.54) is 16.7 Å². The average molecular weight is 273 g/mol. The third-order valence-corrected chi connectivity index (χ3v) is 3.65. The molecular formula is C18H21Cl. The maximum atomic E-state index is 6.00. The highest BCUT2D eigenvalue weighted by Crippen LogP contribution is 2.22. The maximum Gasteiger partial charge on any atom is 0.0408 e. The van der Waals surface area contributed by atoms with E-state index in [0.717, 1.165) is 17.9 Å². The predicted molar refractivity (Wildman–Crippen MR) is 84.0 cm³/mol. The standard InChI is InChI=1S/C18H21Cl/c1-18(2,3)16-11-9-14(10-12-16)7-8-15-5-4-6-17(19)13-15/h4-6,9-13H,7-8H2,1-3H3. The Morgan fingerprint density at radius 1 is 0.842 bits per heavy atom. The number of benzene rings is 2. The van der Waals surface area contributed by atoms with Crippen molar-refractivity contribution in [3.05, 3.63) is 70.2 Å². The van der Waals surface area contributed by atoms with Crippen molar-refractivity contribution in [2.24, 2.45) is 0 Å². The topological polar surface area (TPSA) is 0 Å². The highest BCUT2D eigenvalue weighted by atomic mass is 35.5. The second-order valence-corrected chi connectivity index (χ2v) is 6.51. The molecule has 0 bridgehead atoms. The zero-order valence-electron chi connectivity index (χ0n) is 11.9. The molecule has 2 aromatic carbocycles. The number of halogens is 1. The molecule has 0 aromatic heterocycles. The van der Waals surface area contributed by atoms with Gasteiger partial charge in [-0.05, 0) is 47.1 Å². The summed E-state index contributed by atoms with van der Waals surface area (Å²) in [7, 11) is 0. The van der Waals surface area contributed by atoms with E-state index in [1.54, 1.807) is 0 Å². The van der Waals surface area contributed by atoms with Crippen LogP contribution in [0.3, 0.4) is 0 Å². The Morgan fingerprint density at radius 2 is 1.47 bits per heavy atom. The molecule has 0 saturated carbocycles. The number of rotatable bonds is 3. The van der Waals surface area contributed by atoms with Gasteiger partial charge >= 0.3 is 0 Å². The molecule has 19 heavy (non-hydrogen) atoms. The van der Waals surface area contributed by atoms with Crippen LogP contribution >= 0.6 is 11.6 Å². The van der Waals surface area contributed by atoms with Gasteiger partial charge in [-0.3, -0.25) is 0 Å². The van der Waals surface area contributed by atoms with Gasteiger partial charge in [-0.2, -0.15) is 0 Å². The molecule has 2 rings (SSSR count). The van der Waals surface area contributed by atoms with E-state index >= 15 is 0 Å². The second kappa shape index (κ2) is 5.79. The first kappa shape index (κ1) is 14.1. The van der Waals surface area contributed by atoms with Crippen LogP contribution in [0.1, 0.15) is 37.5 Å². The van der Waals surface area contributed by atoms with E-state index in [-0.39, 0.29) is 5.41 Å². The van der Waals surface area contributed by atoms with Crippen LogP contribution in [-0.4, -0.2) is 0 Å². The zero-order valence-corrected chi connectivity index (χ0v) is 12.7. The highest BCUT2D eigenvalue weighted by molar-refractivity contribution is 6.30. The van der Waals surface area contributed by atoms with Crippen LogP contribution in [0.15, 0.2) is 48.5 Å². The van der Waals surface area contributed by atoms with Crippen molar-refractivity contribution >= 4 is 11.6 Å². The number of hydrogen-bond acceptors (Lipinski definition) is 0. The quantitative estimate of drug-likeness (QED) is 0.700. The minimum Gasteiger partial charge on any atom is -0.0843 e. The maximum absolute atomic E-state index is 6.00. The Morgan fingerprint density at radius 3 is 2.05 bits per heavy atom. The molecule has 0 N–H and O–H groups in total. The lowest BCUT2D eigenvalue weighted by atomic mass is 9.86. The average Bonchev–Trinajstić information content (AvgIpc) is 2.36. The minimum atomic E-state index is 0.228. The van der Waals surface area contributed by atoms with Crippen molar-refractivity contribution < 1.29 is 0 Å². The van der Waals surface area contributed by atoms with E-state index in [2.05, 4.69) is 51.1 Å². The van der Waals surface area contributed by atoms with Crippen molar-refractivity contribution in [1.82, 2.24) is 0 Å². The molecule has 1 heteroatoms. The molecule has 0 spiro atoms. The molecule has 2 aromatic rings. The van der Waals surface area contributed by atoms with E-state index in [4.69, 9.17) is 11.6 Å². The van der Waals surface area contributed by atoms with Crippen LogP contribution in [-0.2, 0) is 18.3 Å². The van der Waals surface area contributed by atoms with Crippen molar-refractivity contribution in [3.8, 4) is 0 Å². The second-order valence-electron chi connectivity index (χ2n) is 6.08. The molecule has 0 nitrogen and oxygen atoms in total. The van der Waals surface area contributed by atoms with E-state index in [9.17, 15) is 0 Å². The molecule has 0 radical (unpaired) electrons. The van der Waals surface area contributed by atoms with E-state index < -0.39 is 0 Å². The van der Waals surface area contributed by atoms with Crippen molar-refractivity contribution in [1.29, 1.82) is 0 Å². The van der Waals surface area contributed by atoms with Gasteiger partial charge in [-0.25, -0.2) is 0 Å². The van der Waals surface area contributed by atoms with Gasteiger partial charge in [0.05, 0.1) is 0 Å². The molecule has 100 valence electrons. The molecule has 0 fully saturated rings. The summed E-state index contributed by atoms with van der Waals surface area (Å²) in [5.41, 5.74) is 4.30. The largest absolute Gasteiger partial charge is 0.0843 e. The Balaban J connectivity index is 2.01. The van der Waals surface area contributed by atoms with Crippen LogP contribution in [0.5, 0.6) is 0 Å². The summed E-state index contributed by atoms with van der Waals surface area (Å²) < 4.78 is 0. The summed E-state index contributed by atoms with van der Waals surface area (Å²) in [6, 6.07) is 17.1. The molecule has 0 amide bonds. The van der Waals surface area contributed by atoms with Gasteiger partial charge in [0, 0.05) is 5.02 Å². The van der Waals surface area contributed by atoms with Crippen LogP contribution in [0.4, 0.5) is 0 Å². The first-order chi connectivity index (χ1) is 8.95. The SMILES string of the molecule is CC(C)(C)c1ccc(CCc2cccc(Cl)c2)cc1. The van der Waals surface area contributed by atoms with E-state index in [1.807, 2.05) is 18.2 Å².